The first-order valence-electron chi connectivity index (χ1n) is 9.20. The standard InChI is InChI=1S/C22H22N2O4S2/c1-13-5-8-16(9-6-13)23-20(25)14(2)24-21(26)19(30-22(24)29)12-15-7-10-17(27-3)18(11-15)28-4/h5-12,14H,1-4H3,(H,23,25)/b19-12-. The topological polar surface area (TPSA) is 67.9 Å². The Hall–Kier alpha value is -2.84. The van der Waals surface area contributed by atoms with Gasteiger partial charge in [-0.15, -0.1) is 0 Å². The highest BCUT2D eigenvalue weighted by Crippen LogP contribution is 2.35. The van der Waals surface area contributed by atoms with Crippen molar-refractivity contribution in [2.75, 3.05) is 19.5 Å². The van der Waals surface area contributed by atoms with Gasteiger partial charge in [0.15, 0.2) is 11.5 Å². The SMILES string of the molecule is COc1ccc(/C=C2\SC(=S)N(C(C)C(=O)Nc3ccc(C)cc3)C2=O)cc1OC. The summed E-state index contributed by atoms with van der Waals surface area (Å²) in [5, 5.41) is 2.83. The molecule has 1 unspecified atom stereocenters. The zero-order chi connectivity index (χ0) is 21.8. The molecule has 2 aromatic carbocycles. The summed E-state index contributed by atoms with van der Waals surface area (Å²) in [5.74, 6) is 0.560. The third kappa shape index (κ3) is 4.66. The summed E-state index contributed by atoms with van der Waals surface area (Å²) in [4.78, 5) is 27.4. The highest BCUT2D eigenvalue weighted by atomic mass is 32.2. The van der Waals surface area contributed by atoms with Gasteiger partial charge in [-0.25, -0.2) is 0 Å². The second-order valence-corrected chi connectivity index (χ2v) is 8.37. The van der Waals surface area contributed by atoms with Crippen LogP contribution in [0.1, 0.15) is 18.1 Å². The Morgan fingerprint density at radius 3 is 2.43 bits per heavy atom. The number of rotatable bonds is 6. The van der Waals surface area contributed by atoms with Crippen molar-refractivity contribution in [3.05, 3.63) is 58.5 Å². The molecule has 1 saturated heterocycles. The molecule has 0 radical (unpaired) electrons. The number of amides is 2. The molecular formula is C22H22N2O4S2. The van der Waals surface area contributed by atoms with Crippen LogP contribution < -0.4 is 14.8 Å². The van der Waals surface area contributed by atoms with E-state index in [0.29, 0.717) is 26.4 Å². The van der Waals surface area contributed by atoms with Gasteiger partial charge in [-0.05, 0) is 49.8 Å². The van der Waals surface area contributed by atoms with Gasteiger partial charge in [-0.3, -0.25) is 14.5 Å². The average Bonchev–Trinajstić information content (AvgIpc) is 3.01. The van der Waals surface area contributed by atoms with Crippen LogP contribution in [0, 0.1) is 6.92 Å². The summed E-state index contributed by atoms with van der Waals surface area (Å²) in [5.41, 5.74) is 2.53. The number of hydrogen-bond donors (Lipinski definition) is 1. The first-order chi connectivity index (χ1) is 14.3. The van der Waals surface area contributed by atoms with Crippen LogP contribution in [-0.2, 0) is 9.59 Å². The van der Waals surface area contributed by atoms with E-state index in [1.165, 1.54) is 16.7 Å². The minimum Gasteiger partial charge on any atom is -0.493 e. The molecule has 1 aliphatic rings. The van der Waals surface area contributed by atoms with Gasteiger partial charge in [0, 0.05) is 5.69 Å². The van der Waals surface area contributed by atoms with Gasteiger partial charge in [-0.2, -0.15) is 0 Å². The van der Waals surface area contributed by atoms with Crippen LogP contribution in [-0.4, -0.2) is 41.3 Å². The number of thioether (sulfide) groups is 1. The van der Waals surface area contributed by atoms with Crippen molar-refractivity contribution in [3.8, 4) is 11.5 Å². The zero-order valence-corrected chi connectivity index (χ0v) is 18.7. The number of nitrogens with zero attached hydrogens (tertiary/aromatic N) is 1. The molecule has 0 spiro atoms. The fraction of sp³-hybridized carbons (Fsp3) is 0.227. The molecule has 2 aromatic rings. The third-order valence-corrected chi connectivity index (χ3v) is 5.95. The van der Waals surface area contributed by atoms with Crippen LogP contribution in [0.15, 0.2) is 47.4 Å². The summed E-state index contributed by atoms with van der Waals surface area (Å²) < 4.78 is 10.9. The summed E-state index contributed by atoms with van der Waals surface area (Å²) in [6, 6.07) is 12.1. The number of carbonyl (C=O) groups excluding carboxylic acids is 2. The van der Waals surface area contributed by atoms with Crippen LogP contribution in [0.2, 0.25) is 0 Å². The number of nitrogens with one attached hydrogen (secondary N) is 1. The minimum absolute atomic E-state index is 0.300. The Labute approximate surface area is 185 Å². The summed E-state index contributed by atoms with van der Waals surface area (Å²) in [7, 11) is 3.11. The average molecular weight is 443 g/mol. The van der Waals surface area contributed by atoms with Crippen LogP contribution in [0.5, 0.6) is 11.5 Å². The molecule has 0 bridgehead atoms. The number of anilines is 1. The third-order valence-electron chi connectivity index (χ3n) is 4.61. The molecule has 0 saturated carbocycles. The highest BCUT2D eigenvalue weighted by molar-refractivity contribution is 8.26. The molecule has 1 heterocycles. The molecule has 8 heteroatoms. The van der Waals surface area contributed by atoms with E-state index >= 15 is 0 Å². The lowest BCUT2D eigenvalue weighted by molar-refractivity contribution is -0.129. The largest absolute Gasteiger partial charge is 0.493 e. The number of aryl methyl sites for hydroxylation is 1. The monoisotopic (exact) mass is 442 g/mol. The van der Waals surface area contributed by atoms with Crippen LogP contribution >= 0.6 is 24.0 Å². The predicted molar refractivity (Wildman–Crippen MR) is 124 cm³/mol. The van der Waals surface area contributed by atoms with E-state index in [4.69, 9.17) is 21.7 Å². The normalized spacial score (nSPS) is 16.0. The summed E-state index contributed by atoms with van der Waals surface area (Å²) in [6.45, 7) is 3.63. The Kier molecular flexibility index (Phi) is 6.79. The van der Waals surface area contributed by atoms with Crippen molar-refractivity contribution in [2.45, 2.75) is 19.9 Å². The molecule has 1 fully saturated rings. The van der Waals surface area contributed by atoms with Crippen molar-refractivity contribution in [1.29, 1.82) is 0 Å². The minimum atomic E-state index is -0.741. The van der Waals surface area contributed by atoms with Crippen LogP contribution in [0.25, 0.3) is 6.08 Å². The van der Waals surface area contributed by atoms with Crippen molar-refractivity contribution in [2.24, 2.45) is 0 Å². The number of thiocarbonyl (C=S) groups is 1. The molecule has 6 nitrogen and oxygen atoms in total. The number of benzene rings is 2. The summed E-state index contributed by atoms with van der Waals surface area (Å²) >= 11 is 6.55. The molecular weight excluding hydrogens is 420 g/mol. The van der Waals surface area contributed by atoms with E-state index in [-0.39, 0.29) is 11.8 Å². The number of hydrogen-bond acceptors (Lipinski definition) is 6. The van der Waals surface area contributed by atoms with Crippen LogP contribution in [0.3, 0.4) is 0 Å². The molecule has 2 amide bonds. The first-order valence-corrected chi connectivity index (χ1v) is 10.4. The van der Waals surface area contributed by atoms with E-state index in [1.54, 1.807) is 39.4 Å². The van der Waals surface area contributed by atoms with Crippen molar-refractivity contribution < 1.29 is 19.1 Å². The van der Waals surface area contributed by atoms with Gasteiger partial charge in [-0.1, -0.05) is 47.7 Å². The molecule has 156 valence electrons. The quantitative estimate of drug-likeness (QED) is 0.533. The van der Waals surface area contributed by atoms with E-state index in [9.17, 15) is 9.59 Å². The first kappa shape index (κ1) is 21.9. The fourth-order valence-electron chi connectivity index (χ4n) is 2.91. The lowest BCUT2D eigenvalue weighted by Crippen LogP contribution is -2.44. The van der Waals surface area contributed by atoms with E-state index < -0.39 is 6.04 Å². The Morgan fingerprint density at radius 1 is 1.13 bits per heavy atom. The fourth-order valence-corrected chi connectivity index (χ4v) is 4.33. The lowest BCUT2D eigenvalue weighted by Gasteiger charge is -2.22. The molecule has 1 aliphatic heterocycles. The Balaban J connectivity index is 1.77. The second kappa shape index (κ2) is 9.32. The molecule has 30 heavy (non-hydrogen) atoms. The Morgan fingerprint density at radius 2 is 1.80 bits per heavy atom. The van der Waals surface area contributed by atoms with Gasteiger partial charge in [0.25, 0.3) is 5.91 Å². The number of ether oxygens (including phenoxy) is 2. The van der Waals surface area contributed by atoms with E-state index in [0.717, 1.165) is 11.1 Å². The maximum absolute atomic E-state index is 13.0. The van der Waals surface area contributed by atoms with Crippen molar-refractivity contribution >= 4 is 51.9 Å². The van der Waals surface area contributed by atoms with Crippen molar-refractivity contribution in [3.63, 3.8) is 0 Å². The number of methoxy groups -OCH3 is 2. The van der Waals surface area contributed by atoms with Crippen LogP contribution in [0.4, 0.5) is 5.69 Å². The Bertz CT molecular complexity index is 1020. The van der Waals surface area contributed by atoms with Crippen molar-refractivity contribution in [1.82, 2.24) is 4.90 Å². The van der Waals surface area contributed by atoms with E-state index in [1.807, 2.05) is 37.3 Å². The van der Waals surface area contributed by atoms with Gasteiger partial charge in [0.1, 0.15) is 10.4 Å². The van der Waals surface area contributed by atoms with Gasteiger partial charge >= 0.3 is 0 Å². The molecule has 1 atom stereocenters. The number of carbonyl (C=O) groups is 2. The second-order valence-electron chi connectivity index (χ2n) is 6.70. The predicted octanol–water partition coefficient (Wildman–Crippen LogP) is 4.24. The zero-order valence-electron chi connectivity index (χ0n) is 17.1. The molecule has 0 aliphatic carbocycles. The summed E-state index contributed by atoms with van der Waals surface area (Å²) in [6.07, 6.45) is 1.73. The molecule has 3 rings (SSSR count). The maximum Gasteiger partial charge on any atom is 0.266 e. The molecule has 0 aromatic heterocycles. The van der Waals surface area contributed by atoms with Gasteiger partial charge in [0.2, 0.25) is 5.91 Å². The molecule has 1 N–H and O–H groups in total. The van der Waals surface area contributed by atoms with Gasteiger partial charge in [0.05, 0.1) is 19.1 Å². The van der Waals surface area contributed by atoms with Gasteiger partial charge < -0.3 is 14.8 Å². The highest BCUT2D eigenvalue weighted by Gasteiger charge is 2.38. The lowest BCUT2D eigenvalue weighted by atomic mass is 10.1. The smallest absolute Gasteiger partial charge is 0.266 e. The maximum atomic E-state index is 13.0. The van der Waals surface area contributed by atoms with E-state index in [2.05, 4.69) is 5.32 Å².